The summed E-state index contributed by atoms with van der Waals surface area (Å²) >= 11 is 1.63. The van der Waals surface area contributed by atoms with Gasteiger partial charge in [0.05, 0.1) is 17.4 Å². The number of aliphatic hydroxyl groups excluding tert-OH is 1. The summed E-state index contributed by atoms with van der Waals surface area (Å²) in [6, 6.07) is 13.8. The number of hydrogen-bond donors (Lipinski definition) is 2. The Balaban J connectivity index is 1.43. The van der Waals surface area contributed by atoms with Gasteiger partial charge in [-0.2, -0.15) is 0 Å². The minimum atomic E-state index is -0.216. The fourth-order valence-corrected chi connectivity index (χ4v) is 4.41. The van der Waals surface area contributed by atoms with E-state index >= 15 is 0 Å². The van der Waals surface area contributed by atoms with Crippen LogP contribution in [0.4, 0.5) is 0 Å². The lowest BCUT2D eigenvalue weighted by molar-refractivity contribution is 0.0865. The summed E-state index contributed by atoms with van der Waals surface area (Å²) in [6.45, 7) is 0. The Hall–Kier alpha value is -2.31. The van der Waals surface area contributed by atoms with E-state index in [1.54, 1.807) is 11.8 Å². The van der Waals surface area contributed by atoms with Crippen LogP contribution < -0.4 is 5.32 Å². The number of carbonyl (C=O) groups excluding carboxylic acids is 1. The van der Waals surface area contributed by atoms with Crippen LogP contribution in [0.2, 0.25) is 0 Å². The number of hydrogen-bond acceptors (Lipinski definition) is 4. The molecule has 0 unspecified atom stereocenters. The maximum absolute atomic E-state index is 12.8. The van der Waals surface area contributed by atoms with E-state index in [0.29, 0.717) is 11.3 Å². The molecule has 0 atom stereocenters. The standard InChI is InChI=1S/C21H23N3O2S/c25-17-10-8-15(9-11-17)23-21(26)18-5-1-2-6-19(18)27-14-16-13-24-12-4-3-7-20(24)22-16/h1-7,12-13,15,17,25H,8-11,14H2,(H,23,26). The Morgan fingerprint density at radius 2 is 1.93 bits per heavy atom. The van der Waals surface area contributed by atoms with Crippen molar-refractivity contribution < 1.29 is 9.90 Å². The van der Waals surface area contributed by atoms with Gasteiger partial charge in [-0.3, -0.25) is 4.79 Å². The van der Waals surface area contributed by atoms with Gasteiger partial charge in [-0.25, -0.2) is 4.98 Å². The van der Waals surface area contributed by atoms with Crippen molar-refractivity contribution in [3.63, 3.8) is 0 Å². The largest absolute Gasteiger partial charge is 0.393 e. The van der Waals surface area contributed by atoms with E-state index in [0.717, 1.165) is 41.9 Å². The first-order valence-electron chi connectivity index (χ1n) is 9.32. The highest BCUT2D eigenvalue weighted by atomic mass is 32.2. The van der Waals surface area contributed by atoms with Crippen molar-refractivity contribution >= 4 is 23.3 Å². The van der Waals surface area contributed by atoms with Crippen LogP contribution in [0.3, 0.4) is 0 Å². The van der Waals surface area contributed by atoms with Crippen LogP contribution in [-0.4, -0.2) is 32.5 Å². The van der Waals surface area contributed by atoms with E-state index < -0.39 is 0 Å². The van der Waals surface area contributed by atoms with Gasteiger partial charge in [0.2, 0.25) is 0 Å². The van der Waals surface area contributed by atoms with Crippen molar-refractivity contribution in [3.05, 3.63) is 66.1 Å². The smallest absolute Gasteiger partial charge is 0.252 e. The highest BCUT2D eigenvalue weighted by molar-refractivity contribution is 7.98. The Bertz CT molecular complexity index is 899. The molecule has 5 nitrogen and oxygen atoms in total. The van der Waals surface area contributed by atoms with Crippen LogP contribution in [0.5, 0.6) is 0 Å². The lowest BCUT2D eigenvalue weighted by Gasteiger charge is -2.26. The molecule has 1 aromatic carbocycles. The van der Waals surface area contributed by atoms with E-state index in [1.807, 2.05) is 59.3 Å². The maximum atomic E-state index is 12.8. The molecule has 1 amide bonds. The highest BCUT2D eigenvalue weighted by Gasteiger charge is 2.22. The third-order valence-corrected chi connectivity index (χ3v) is 6.06. The van der Waals surface area contributed by atoms with Gasteiger partial charge in [-0.05, 0) is 49.9 Å². The Morgan fingerprint density at radius 3 is 2.74 bits per heavy atom. The quantitative estimate of drug-likeness (QED) is 0.662. The van der Waals surface area contributed by atoms with Gasteiger partial charge >= 0.3 is 0 Å². The lowest BCUT2D eigenvalue weighted by Crippen LogP contribution is -2.38. The summed E-state index contributed by atoms with van der Waals surface area (Å²) < 4.78 is 2.01. The summed E-state index contributed by atoms with van der Waals surface area (Å²) in [5.41, 5.74) is 2.62. The van der Waals surface area contributed by atoms with Crippen LogP contribution in [0.15, 0.2) is 59.8 Å². The number of imidazole rings is 1. The summed E-state index contributed by atoms with van der Waals surface area (Å²) in [4.78, 5) is 18.3. The highest BCUT2D eigenvalue weighted by Crippen LogP contribution is 2.27. The molecule has 0 bridgehead atoms. The van der Waals surface area contributed by atoms with Gasteiger partial charge in [-0.15, -0.1) is 11.8 Å². The zero-order valence-electron chi connectivity index (χ0n) is 15.0. The number of aliphatic hydroxyl groups is 1. The predicted octanol–water partition coefficient (Wildman–Crippen LogP) is 3.66. The lowest BCUT2D eigenvalue weighted by atomic mass is 9.93. The van der Waals surface area contributed by atoms with Crippen molar-refractivity contribution in [2.45, 2.75) is 48.5 Å². The van der Waals surface area contributed by atoms with Gasteiger partial charge in [-0.1, -0.05) is 18.2 Å². The molecule has 2 aromatic heterocycles. The Kier molecular flexibility index (Phi) is 5.45. The van der Waals surface area contributed by atoms with Crippen molar-refractivity contribution in [3.8, 4) is 0 Å². The van der Waals surface area contributed by atoms with Crippen LogP contribution in [0.1, 0.15) is 41.7 Å². The van der Waals surface area contributed by atoms with Crippen molar-refractivity contribution in [2.24, 2.45) is 0 Å². The van der Waals surface area contributed by atoms with Gasteiger partial charge in [0.1, 0.15) is 5.65 Å². The number of thioether (sulfide) groups is 1. The summed E-state index contributed by atoms with van der Waals surface area (Å²) in [5, 5.41) is 12.8. The molecule has 1 aliphatic rings. The molecule has 27 heavy (non-hydrogen) atoms. The average molecular weight is 382 g/mol. The number of fused-ring (bicyclic) bond motifs is 1. The average Bonchev–Trinajstić information content (AvgIpc) is 3.11. The van der Waals surface area contributed by atoms with Gasteiger partial charge < -0.3 is 14.8 Å². The first-order valence-corrected chi connectivity index (χ1v) is 10.3. The van der Waals surface area contributed by atoms with E-state index in [1.165, 1.54) is 0 Å². The second-order valence-corrected chi connectivity index (χ2v) is 7.98. The second kappa shape index (κ2) is 8.15. The van der Waals surface area contributed by atoms with E-state index in [-0.39, 0.29) is 18.1 Å². The normalized spacial score (nSPS) is 19.9. The number of nitrogens with one attached hydrogen (secondary N) is 1. The maximum Gasteiger partial charge on any atom is 0.252 e. The molecule has 0 saturated heterocycles. The zero-order chi connectivity index (χ0) is 18.6. The van der Waals surface area contributed by atoms with Crippen molar-refractivity contribution in [1.29, 1.82) is 0 Å². The predicted molar refractivity (Wildman–Crippen MR) is 107 cm³/mol. The molecule has 0 spiro atoms. The molecule has 6 heteroatoms. The molecule has 1 saturated carbocycles. The number of nitrogens with zero attached hydrogens (tertiary/aromatic N) is 2. The fraction of sp³-hybridized carbons (Fsp3) is 0.333. The molecule has 1 aliphatic carbocycles. The number of rotatable bonds is 5. The number of amides is 1. The van der Waals surface area contributed by atoms with Gasteiger partial charge in [0, 0.05) is 29.1 Å². The number of pyridine rings is 1. The molecule has 0 aliphatic heterocycles. The number of carbonyl (C=O) groups is 1. The van der Waals surface area contributed by atoms with Crippen LogP contribution in [0.25, 0.3) is 5.65 Å². The van der Waals surface area contributed by atoms with E-state index in [9.17, 15) is 9.90 Å². The summed E-state index contributed by atoms with van der Waals surface area (Å²) in [5.74, 6) is 0.677. The molecule has 1 fully saturated rings. The van der Waals surface area contributed by atoms with Crippen LogP contribution in [-0.2, 0) is 5.75 Å². The van der Waals surface area contributed by atoms with E-state index in [2.05, 4.69) is 10.3 Å². The summed E-state index contributed by atoms with van der Waals surface area (Å²) in [6.07, 6.45) is 6.99. The molecule has 3 aromatic rings. The zero-order valence-corrected chi connectivity index (χ0v) is 15.9. The summed E-state index contributed by atoms with van der Waals surface area (Å²) in [7, 11) is 0. The third kappa shape index (κ3) is 4.34. The van der Waals surface area contributed by atoms with Gasteiger partial charge in [0.25, 0.3) is 5.91 Å². The molecule has 2 N–H and O–H groups in total. The fourth-order valence-electron chi connectivity index (χ4n) is 3.47. The first-order chi connectivity index (χ1) is 13.2. The van der Waals surface area contributed by atoms with Crippen LogP contribution >= 0.6 is 11.8 Å². The number of benzene rings is 1. The second-order valence-electron chi connectivity index (χ2n) is 6.96. The Morgan fingerprint density at radius 1 is 1.15 bits per heavy atom. The molecule has 4 rings (SSSR count). The molecule has 140 valence electrons. The van der Waals surface area contributed by atoms with Gasteiger partial charge in [0.15, 0.2) is 0 Å². The minimum absolute atomic E-state index is 0.0329. The third-order valence-electron chi connectivity index (χ3n) is 4.95. The minimum Gasteiger partial charge on any atom is -0.393 e. The molecular weight excluding hydrogens is 358 g/mol. The molecular formula is C21H23N3O2S. The van der Waals surface area contributed by atoms with Crippen LogP contribution in [0, 0.1) is 0 Å². The van der Waals surface area contributed by atoms with E-state index in [4.69, 9.17) is 0 Å². The topological polar surface area (TPSA) is 66.6 Å². The SMILES string of the molecule is O=C(NC1CCC(O)CC1)c1ccccc1SCc1cn2ccccc2n1. The van der Waals surface area contributed by atoms with Crippen molar-refractivity contribution in [2.75, 3.05) is 0 Å². The first kappa shape index (κ1) is 18.1. The monoisotopic (exact) mass is 381 g/mol. The molecule has 2 heterocycles. The van der Waals surface area contributed by atoms with Crippen molar-refractivity contribution in [1.82, 2.24) is 14.7 Å². The number of aromatic nitrogens is 2. The molecule has 0 radical (unpaired) electrons. The Labute approximate surface area is 162 Å².